The van der Waals surface area contributed by atoms with Gasteiger partial charge in [0.2, 0.25) is 0 Å². The lowest BCUT2D eigenvalue weighted by Crippen LogP contribution is -2.18. The van der Waals surface area contributed by atoms with E-state index in [1.165, 1.54) is 0 Å². The molecule has 1 aromatic rings. The molecule has 1 atom stereocenters. The lowest BCUT2D eigenvalue weighted by atomic mass is 10.1. The van der Waals surface area contributed by atoms with Gasteiger partial charge in [0.15, 0.2) is 9.84 Å². The number of hydrogen-bond donors (Lipinski definition) is 2. The molecule has 0 aliphatic carbocycles. The Bertz CT molecular complexity index is 628. The number of anilines is 2. The molecule has 1 unspecified atom stereocenters. The quantitative estimate of drug-likeness (QED) is 0.628. The Hall–Kier alpha value is -1.76. The second kappa shape index (κ2) is 6.34. The van der Waals surface area contributed by atoms with E-state index in [4.69, 9.17) is 10.5 Å². The van der Waals surface area contributed by atoms with E-state index in [1.54, 1.807) is 25.1 Å². The van der Waals surface area contributed by atoms with Crippen LogP contribution in [-0.4, -0.2) is 39.0 Å². The van der Waals surface area contributed by atoms with Gasteiger partial charge in [-0.2, -0.15) is 0 Å². The summed E-state index contributed by atoms with van der Waals surface area (Å²) in [5.41, 5.74) is 7.24. The first-order valence-corrected chi connectivity index (χ1v) is 8.75. The lowest BCUT2D eigenvalue weighted by molar-refractivity contribution is 0.0527. The third-order valence-corrected chi connectivity index (χ3v) is 5.32. The van der Waals surface area contributed by atoms with Crippen molar-refractivity contribution in [3.05, 3.63) is 23.8 Å². The minimum Gasteiger partial charge on any atom is -0.462 e. The molecule has 0 amide bonds. The fourth-order valence-corrected chi connectivity index (χ4v) is 4.29. The molecule has 21 heavy (non-hydrogen) atoms. The smallest absolute Gasteiger partial charge is 0.340 e. The highest BCUT2D eigenvalue weighted by Gasteiger charge is 2.28. The molecule has 0 radical (unpaired) electrons. The molecule has 1 heterocycles. The monoisotopic (exact) mass is 312 g/mol. The summed E-state index contributed by atoms with van der Waals surface area (Å²) in [7, 11) is -2.91. The third-order valence-electron chi connectivity index (χ3n) is 3.49. The Balaban J connectivity index is 2.10. The number of carbonyl (C=O) groups is 1. The standard InChI is InChI=1S/C14H20N2O4S/c1-2-20-14(17)11-4-3-5-12(15)13(11)16-8-10-6-7-21(18,19)9-10/h3-5,10,16H,2,6-9,15H2,1H3. The average Bonchev–Trinajstić information content (AvgIpc) is 2.77. The Morgan fingerprint density at radius 2 is 2.24 bits per heavy atom. The van der Waals surface area contributed by atoms with Crippen molar-refractivity contribution < 1.29 is 17.9 Å². The van der Waals surface area contributed by atoms with E-state index in [9.17, 15) is 13.2 Å². The number of nitrogens with two attached hydrogens (primary N) is 1. The van der Waals surface area contributed by atoms with Gasteiger partial charge in [-0.05, 0) is 31.4 Å². The summed E-state index contributed by atoms with van der Waals surface area (Å²) in [6.45, 7) is 2.49. The summed E-state index contributed by atoms with van der Waals surface area (Å²) in [6, 6.07) is 5.02. The van der Waals surface area contributed by atoms with Crippen LogP contribution < -0.4 is 11.1 Å². The van der Waals surface area contributed by atoms with E-state index < -0.39 is 15.8 Å². The van der Waals surface area contributed by atoms with Crippen LogP contribution in [0, 0.1) is 5.92 Å². The number of para-hydroxylation sites is 1. The highest BCUT2D eigenvalue weighted by Crippen LogP contribution is 2.26. The summed E-state index contributed by atoms with van der Waals surface area (Å²) in [4.78, 5) is 11.9. The number of benzene rings is 1. The Morgan fingerprint density at radius 1 is 1.48 bits per heavy atom. The molecule has 3 N–H and O–H groups in total. The minimum absolute atomic E-state index is 0.0460. The molecular weight excluding hydrogens is 292 g/mol. The zero-order valence-electron chi connectivity index (χ0n) is 12.0. The summed E-state index contributed by atoms with van der Waals surface area (Å²) in [5.74, 6) is 0.0199. The number of nitrogens with one attached hydrogen (secondary N) is 1. The van der Waals surface area contributed by atoms with Crippen LogP contribution in [0.4, 0.5) is 11.4 Å². The van der Waals surface area contributed by atoms with Crippen molar-refractivity contribution in [3.63, 3.8) is 0 Å². The van der Waals surface area contributed by atoms with Gasteiger partial charge in [-0.15, -0.1) is 0 Å². The number of carbonyl (C=O) groups excluding carboxylic acids is 1. The van der Waals surface area contributed by atoms with E-state index in [0.29, 0.717) is 29.9 Å². The van der Waals surface area contributed by atoms with Crippen molar-refractivity contribution >= 4 is 27.2 Å². The van der Waals surface area contributed by atoms with Crippen LogP contribution >= 0.6 is 0 Å². The number of hydrogen-bond acceptors (Lipinski definition) is 6. The SMILES string of the molecule is CCOC(=O)c1cccc(N)c1NCC1CCS(=O)(=O)C1. The summed E-state index contributed by atoms with van der Waals surface area (Å²) in [5, 5.41) is 3.11. The van der Waals surface area contributed by atoms with E-state index in [-0.39, 0.29) is 24.0 Å². The van der Waals surface area contributed by atoms with Gasteiger partial charge in [0, 0.05) is 6.54 Å². The topological polar surface area (TPSA) is 98.5 Å². The molecule has 1 aromatic carbocycles. The predicted molar refractivity (Wildman–Crippen MR) is 82.1 cm³/mol. The van der Waals surface area contributed by atoms with Gasteiger partial charge in [0.25, 0.3) is 0 Å². The fourth-order valence-electron chi connectivity index (χ4n) is 2.43. The van der Waals surface area contributed by atoms with E-state index in [1.807, 2.05) is 0 Å². The number of rotatable bonds is 5. The van der Waals surface area contributed by atoms with Crippen molar-refractivity contribution in [3.8, 4) is 0 Å². The number of ether oxygens (including phenoxy) is 1. The zero-order valence-corrected chi connectivity index (χ0v) is 12.8. The second-order valence-electron chi connectivity index (χ2n) is 5.14. The van der Waals surface area contributed by atoms with Crippen molar-refractivity contribution in [2.75, 3.05) is 35.7 Å². The van der Waals surface area contributed by atoms with Crippen LogP contribution in [0.15, 0.2) is 18.2 Å². The maximum Gasteiger partial charge on any atom is 0.340 e. The van der Waals surface area contributed by atoms with Crippen molar-refractivity contribution in [2.24, 2.45) is 5.92 Å². The maximum atomic E-state index is 11.9. The minimum atomic E-state index is -2.91. The van der Waals surface area contributed by atoms with E-state index in [2.05, 4.69) is 5.32 Å². The fraction of sp³-hybridized carbons (Fsp3) is 0.500. The molecule has 1 saturated heterocycles. The van der Waals surface area contributed by atoms with Crippen LogP contribution in [-0.2, 0) is 14.6 Å². The first-order chi connectivity index (χ1) is 9.93. The van der Waals surface area contributed by atoms with Crippen LogP contribution in [0.5, 0.6) is 0 Å². The van der Waals surface area contributed by atoms with Crippen molar-refractivity contribution in [1.82, 2.24) is 0 Å². The highest BCUT2D eigenvalue weighted by atomic mass is 32.2. The summed E-state index contributed by atoms with van der Waals surface area (Å²) >= 11 is 0. The predicted octanol–water partition coefficient (Wildman–Crippen LogP) is 1.29. The molecular formula is C14H20N2O4S. The van der Waals surface area contributed by atoms with Crippen LogP contribution in [0.25, 0.3) is 0 Å². The first-order valence-electron chi connectivity index (χ1n) is 6.93. The van der Waals surface area contributed by atoms with Crippen molar-refractivity contribution in [1.29, 1.82) is 0 Å². The van der Waals surface area contributed by atoms with Gasteiger partial charge in [-0.25, -0.2) is 13.2 Å². The van der Waals surface area contributed by atoms with Crippen LogP contribution in [0.1, 0.15) is 23.7 Å². The normalized spacial score (nSPS) is 20.1. The van der Waals surface area contributed by atoms with Crippen molar-refractivity contribution in [2.45, 2.75) is 13.3 Å². The second-order valence-corrected chi connectivity index (χ2v) is 7.37. The summed E-state index contributed by atoms with van der Waals surface area (Å²) in [6.07, 6.45) is 0.636. The number of esters is 1. The largest absolute Gasteiger partial charge is 0.462 e. The molecule has 2 rings (SSSR count). The average molecular weight is 312 g/mol. The molecule has 0 saturated carbocycles. The Kier molecular flexibility index (Phi) is 4.72. The van der Waals surface area contributed by atoms with Gasteiger partial charge in [0.1, 0.15) is 0 Å². The molecule has 1 aliphatic heterocycles. The Morgan fingerprint density at radius 3 is 2.86 bits per heavy atom. The molecule has 0 bridgehead atoms. The molecule has 1 fully saturated rings. The van der Waals surface area contributed by atoms with Gasteiger partial charge in [0.05, 0.1) is 35.1 Å². The van der Waals surface area contributed by atoms with E-state index >= 15 is 0 Å². The number of sulfone groups is 1. The molecule has 0 aromatic heterocycles. The zero-order chi connectivity index (χ0) is 15.5. The molecule has 1 aliphatic rings. The third kappa shape index (κ3) is 3.87. The molecule has 0 spiro atoms. The molecule has 116 valence electrons. The van der Waals surface area contributed by atoms with Crippen LogP contribution in [0.2, 0.25) is 0 Å². The first kappa shape index (κ1) is 15.6. The van der Waals surface area contributed by atoms with Gasteiger partial charge in [-0.1, -0.05) is 6.07 Å². The van der Waals surface area contributed by atoms with E-state index in [0.717, 1.165) is 0 Å². The summed E-state index contributed by atoms with van der Waals surface area (Å²) < 4.78 is 27.9. The van der Waals surface area contributed by atoms with Crippen LogP contribution in [0.3, 0.4) is 0 Å². The van der Waals surface area contributed by atoms with Gasteiger partial charge < -0.3 is 15.8 Å². The Labute approximate surface area is 124 Å². The maximum absolute atomic E-state index is 11.9. The lowest BCUT2D eigenvalue weighted by Gasteiger charge is -2.16. The molecule has 7 heteroatoms. The number of nitrogen functional groups attached to an aromatic ring is 1. The van der Waals surface area contributed by atoms with Gasteiger partial charge in [-0.3, -0.25) is 0 Å². The molecule has 6 nitrogen and oxygen atoms in total. The highest BCUT2D eigenvalue weighted by molar-refractivity contribution is 7.91. The van der Waals surface area contributed by atoms with Gasteiger partial charge >= 0.3 is 5.97 Å².